The number of halogens is 2. The van der Waals surface area contributed by atoms with E-state index in [2.05, 4.69) is 4.98 Å². The average Bonchev–Trinajstić information content (AvgIpc) is 2.17. The van der Waals surface area contributed by atoms with Crippen molar-refractivity contribution in [2.75, 3.05) is 0 Å². The number of hydrogen-bond acceptors (Lipinski definition) is 2. The van der Waals surface area contributed by atoms with E-state index in [1.165, 1.54) is 6.20 Å². The molecule has 0 aliphatic rings. The van der Waals surface area contributed by atoms with Crippen LogP contribution in [0.4, 0.5) is 0 Å². The SMILES string of the molecule is O=C(O)c1c(Cl)ncc2cc(Cl)ccc12. The summed E-state index contributed by atoms with van der Waals surface area (Å²) in [6.45, 7) is 0. The molecule has 3 nitrogen and oxygen atoms in total. The Morgan fingerprint density at radius 2 is 2.07 bits per heavy atom. The van der Waals surface area contributed by atoms with Crippen LogP contribution >= 0.6 is 23.2 Å². The number of carboxylic acid groups (broad SMARTS) is 1. The summed E-state index contributed by atoms with van der Waals surface area (Å²) in [6.07, 6.45) is 1.50. The molecule has 0 spiro atoms. The van der Waals surface area contributed by atoms with E-state index >= 15 is 0 Å². The Hall–Kier alpha value is -1.32. The second-order valence-electron chi connectivity index (χ2n) is 2.96. The van der Waals surface area contributed by atoms with Gasteiger partial charge in [0, 0.05) is 22.0 Å². The van der Waals surface area contributed by atoms with Crippen molar-refractivity contribution in [3.63, 3.8) is 0 Å². The molecule has 2 aromatic rings. The Balaban J connectivity index is 2.88. The number of fused-ring (bicyclic) bond motifs is 1. The fraction of sp³-hybridized carbons (Fsp3) is 0. The molecule has 1 heterocycles. The Bertz CT molecular complexity index is 554. The van der Waals surface area contributed by atoms with Gasteiger partial charge in [-0.15, -0.1) is 0 Å². The molecule has 0 unspecified atom stereocenters. The molecular formula is C10H5Cl2NO2. The van der Waals surface area contributed by atoms with Crippen LogP contribution in [0.3, 0.4) is 0 Å². The first-order valence-corrected chi connectivity index (χ1v) is 4.82. The summed E-state index contributed by atoms with van der Waals surface area (Å²) in [5.41, 5.74) is 0.00540. The number of aromatic carboxylic acids is 1. The normalized spacial score (nSPS) is 10.5. The number of pyridine rings is 1. The van der Waals surface area contributed by atoms with Crippen LogP contribution in [0, 0.1) is 0 Å². The number of carbonyl (C=O) groups is 1. The monoisotopic (exact) mass is 241 g/mol. The molecule has 76 valence electrons. The van der Waals surface area contributed by atoms with Crippen LogP contribution in [0.1, 0.15) is 10.4 Å². The minimum atomic E-state index is -1.10. The molecule has 5 heteroatoms. The molecule has 15 heavy (non-hydrogen) atoms. The van der Waals surface area contributed by atoms with E-state index in [0.29, 0.717) is 15.8 Å². The van der Waals surface area contributed by atoms with Crippen molar-refractivity contribution in [1.29, 1.82) is 0 Å². The van der Waals surface area contributed by atoms with Gasteiger partial charge in [-0.1, -0.05) is 29.3 Å². The van der Waals surface area contributed by atoms with Crippen LogP contribution < -0.4 is 0 Å². The van der Waals surface area contributed by atoms with Crippen molar-refractivity contribution < 1.29 is 9.90 Å². The third-order valence-corrected chi connectivity index (χ3v) is 2.54. The van der Waals surface area contributed by atoms with Crippen molar-refractivity contribution in [3.05, 3.63) is 40.1 Å². The van der Waals surface area contributed by atoms with Gasteiger partial charge >= 0.3 is 5.97 Å². The zero-order valence-corrected chi connectivity index (χ0v) is 8.88. The highest BCUT2D eigenvalue weighted by Crippen LogP contribution is 2.26. The summed E-state index contributed by atoms with van der Waals surface area (Å²) < 4.78 is 0. The molecule has 0 atom stereocenters. The van der Waals surface area contributed by atoms with Gasteiger partial charge in [0.1, 0.15) is 10.7 Å². The van der Waals surface area contributed by atoms with Crippen molar-refractivity contribution in [3.8, 4) is 0 Å². The molecule has 0 saturated carbocycles. The first-order valence-electron chi connectivity index (χ1n) is 4.06. The van der Waals surface area contributed by atoms with Gasteiger partial charge in [0.25, 0.3) is 0 Å². The predicted molar refractivity (Wildman–Crippen MR) is 58.7 cm³/mol. The van der Waals surface area contributed by atoms with Crippen molar-refractivity contribution in [1.82, 2.24) is 4.98 Å². The molecule has 1 aromatic carbocycles. The lowest BCUT2D eigenvalue weighted by Gasteiger charge is -2.03. The minimum Gasteiger partial charge on any atom is -0.478 e. The van der Waals surface area contributed by atoms with Crippen LogP contribution in [-0.4, -0.2) is 16.1 Å². The molecule has 0 saturated heterocycles. The number of carboxylic acids is 1. The van der Waals surface area contributed by atoms with Crippen molar-refractivity contribution >= 4 is 39.9 Å². The van der Waals surface area contributed by atoms with E-state index in [0.717, 1.165) is 0 Å². The second kappa shape index (κ2) is 3.68. The third-order valence-electron chi connectivity index (χ3n) is 2.02. The van der Waals surface area contributed by atoms with Gasteiger partial charge in [-0.2, -0.15) is 0 Å². The first-order chi connectivity index (χ1) is 7.09. The van der Waals surface area contributed by atoms with Crippen LogP contribution in [0.25, 0.3) is 10.8 Å². The predicted octanol–water partition coefficient (Wildman–Crippen LogP) is 3.24. The highest BCUT2D eigenvalue weighted by molar-refractivity contribution is 6.34. The lowest BCUT2D eigenvalue weighted by Crippen LogP contribution is -2.00. The maximum absolute atomic E-state index is 11.0. The fourth-order valence-electron chi connectivity index (χ4n) is 1.37. The van der Waals surface area contributed by atoms with Gasteiger partial charge in [0.2, 0.25) is 0 Å². The summed E-state index contributed by atoms with van der Waals surface area (Å²) in [5.74, 6) is -1.10. The van der Waals surface area contributed by atoms with E-state index in [4.69, 9.17) is 28.3 Å². The number of rotatable bonds is 1. The topological polar surface area (TPSA) is 50.2 Å². The van der Waals surface area contributed by atoms with E-state index in [-0.39, 0.29) is 10.7 Å². The second-order valence-corrected chi connectivity index (χ2v) is 3.76. The zero-order valence-electron chi connectivity index (χ0n) is 7.37. The maximum Gasteiger partial charge on any atom is 0.339 e. The van der Waals surface area contributed by atoms with Gasteiger partial charge in [-0.25, -0.2) is 9.78 Å². The number of nitrogens with zero attached hydrogens (tertiary/aromatic N) is 1. The first kappa shape index (κ1) is 10.2. The van der Waals surface area contributed by atoms with Crippen molar-refractivity contribution in [2.24, 2.45) is 0 Å². The Morgan fingerprint density at radius 3 is 2.73 bits per heavy atom. The largest absolute Gasteiger partial charge is 0.478 e. The van der Waals surface area contributed by atoms with E-state index < -0.39 is 5.97 Å². The minimum absolute atomic E-state index is 0.00540. The molecular weight excluding hydrogens is 237 g/mol. The van der Waals surface area contributed by atoms with Gasteiger partial charge in [0.15, 0.2) is 0 Å². The maximum atomic E-state index is 11.0. The quantitative estimate of drug-likeness (QED) is 0.781. The number of hydrogen-bond donors (Lipinski definition) is 1. The van der Waals surface area contributed by atoms with Crippen LogP contribution in [0.2, 0.25) is 10.2 Å². The standard InChI is InChI=1S/C10H5Cl2NO2/c11-6-1-2-7-5(3-6)4-13-9(12)8(7)10(14)15/h1-4H,(H,14,15). The van der Waals surface area contributed by atoms with Crippen LogP contribution in [-0.2, 0) is 0 Å². The van der Waals surface area contributed by atoms with Crippen LogP contribution in [0.5, 0.6) is 0 Å². The molecule has 0 aliphatic carbocycles. The summed E-state index contributed by atoms with van der Waals surface area (Å²) in [7, 11) is 0. The molecule has 0 bridgehead atoms. The number of aromatic nitrogens is 1. The van der Waals surface area contributed by atoms with Crippen molar-refractivity contribution in [2.45, 2.75) is 0 Å². The van der Waals surface area contributed by atoms with E-state index in [1.54, 1.807) is 18.2 Å². The fourth-order valence-corrected chi connectivity index (χ4v) is 1.79. The summed E-state index contributed by atoms with van der Waals surface area (Å²) in [5, 5.41) is 10.7. The number of benzene rings is 1. The molecule has 0 amide bonds. The van der Waals surface area contributed by atoms with Crippen LogP contribution in [0.15, 0.2) is 24.4 Å². The Morgan fingerprint density at radius 1 is 1.33 bits per heavy atom. The summed E-state index contributed by atoms with van der Waals surface area (Å²) in [6, 6.07) is 4.88. The molecule has 1 aromatic heterocycles. The highest BCUT2D eigenvalue weighted by Gasteiger charge is 2.14. The average molecular weight is 242 g/mol. The summed E-state index contributed by atoms with van der Waals surface area (Å²) in [4.78, 5) is 14.8. The highest BCUT2D eigenvalue weighted by atomic mass is 35.5. The molecule has 0 radical (unpaired) electrons. The van der Waals surface area contributed by atoms with Gasteiger partial charge in [-0.3, -0.25) is 0 Å². The molecule has 0 fully saturated rings. The molecule has 0 aliphatic heterocycles. The Kier molecular flexibility index (Phi) is 2.50. The van der Waals surface area contributed by atoms with E-state index in [1.807, 2.05) is 0 Å². The van der Waals surface area contributed by atoms with Gasteiger partial charge in [-0.05, 0) is 12.1 Å². The molecule has 2 rings (SSSR count). The van der Waals surface area contributed by atoms with Gasteiger partial charge < -0.3 is 5.11 Å². The smallest absolute Gasteiger partial charge is 0.339 e. The Labute approximate surface area is 95.3 Å². The lowest BCUT2D eigenvalue weighted by molar-refractivity contribution is 0.0699. The summed E-state index contributed by atoms with van der Waals surface area (Å²) >= 11 is 11.5. The zero-order chi connectivity index (χ0) is 11.0. The molecule has 1 N–H and O–H groups in total. The lowest BCUT2D eigenvalue weighted by atomic mass is 10.1. The van der Waals surface area contributed by atoms with E-state index in [9.17, 15) is 4.79 Å². The third kappa shape index (κ3) is 1.76. The van der Waals surface area contributed by atoms with Gasteiger partial charge in [0.05, 0.1) is 0 Å².